The SMILES string of the molecule is OC(CN1CCC(c2c[nH]c3ccc(N4CCOCC4)cc23)CC1)C1(O)CCN(c2nccc(C(F)(F)F)n2)CC1. The lowest BCUT2D eigenvalue weighted by Crippen LogP contribution is -2.55. The number of ether oxygens (including phenoxy) is 1. The van der Waals surface area contributed by atoms with E-state index >= 15 is 0 Å². The molecule has 6 rings (SSSR count). The van der Waals surface area contributed by atoms with Crippen molar-refractivity contribution in [3.05, 3.63) is 47.9 Å². The number of nitrogens with one attached hydrogen (secondary N) is 1. The Balaban J connectivity index is 1.03. The molecule has 3 aliphatic heterocycles. The Labute approximate surface area is 236 Å². The third-order valence-electron chi connectivity index (χ3n) is 9.00. The highest BCUT2D eigenvalue weighted by Crippen LogP contribution is 2.36. The Morgan fingerprint density at radius 2 is 1.76 bits per heavy atom. The largest absolute Gasteiger partial charge is 0.433 e. The number of aromatic amines is 1. The standard InChI is InChI=1S/C29H37F3N6O3/c30-29(31,32)25-3-8-33-27(35-25)38-11-6-28(40,7-12-38)26(39)19-36-9-4-20(5-10-36)23-18-34-24-2-1-21(17-22(23)24)37-13-15-41-16-14-37/h1-3,8,17-18,20,26,34,39-40H,4-7,9-16,19H2. The first kappa shape index (κ1) is 28.2. The van der Waals surface area contributed by atoms with Gasteiger partial charge in [-0.1, -0.05) is 0 Å². The van der Waals surface area contributed by atoms with Gasteiger partial charge in [0.1, 0.15) is 5.69 Å². The fourth-order valence-electron chi connectivity index (χ4n) is 6.41. The summed E-state index contributed by atoms with van der Waals surface area (Å²) in [6, 6.07) is 7.45. The quantitative estimate of drug-likeness (QED) is 0.412. The summed E-state index contributed by atoms with van der Waals surface area (Å²) in [7, 11) is 0. The van der Waals surface area contributed by atoms with E-state index < -0.39 is 23.6 Å². The predicted octanol–water partition coefficient (Wildman–Crippen LogP) is 3.39. The maximum Gasteiger partial charge on any atom is 0.433 e. The van der Waals surface area contributed by atoms with Gasteiger partial charge < -0.3 is 34.6 Å². The first-order chi connectivity index (χ1) is 19.7. The Hall–Kier alpha value is -2.93. The molecule has 0 radical (unpaired) electrons. The van der Waals surface area contributed by atoms with E-state index in [2.05, 4.69) is 49.1 Å². The van der Waals surface area contributed by atoms with Crippen molar-refractivity contribution in [2.75, 3.05) is 68.8 Å². The van der Waals surface area contributed by atoms with Crippen LogP contribution in [0.5, 0.6) is 0 Å². The van der Waals surface area contributed by atoms with Gasteiger partial charge in [-0.3, -0.25) is 0 Å². The second-order valence-electron chi connectivity index (χ2n) is 11.5. The number of fused-ring (bicyclic) bond motifs is 1. The number of aliphatic hydroxyl groups is 2. The number of piperidine rings is 2. The van der Waals surface area contributed by atoms with Crippen LogP contribution in [0.3, 0.4) is 0 Å². The van der Waals surface area contributed by atoms with Crippen molar-refractivity contribution < 1.29 is 28.1 Å². The van der Waals surface area contributed by atoms with E-state index in [4.69, 9.17) is 4.74 Å². The number of morpholine rings is 1. The Morgan fingerprint density at radius 3 is 2.46 bits per heavy atom. The molecule has 3 aromatic rings. The summed E-state index contributed by atoms with van der Waals surface area (Å²) in [4.78, 5) is 17.3. The average molecular weight is 575 g/mol. The van der Waals surface area contributed by atoms with Crippen molar-refractivity contribution in [2.45, 2.75) is 49.5 Å². The molecular weight excluding hydrogens is 537 g/mol. The number of H-pyrrole nitrogens is 1. The number of likely N-dealkylation sites (tertiary alicyclic amines) is 1. The van der Waals surface area contributed by atoms with Crippen LogP contribution in [0.4, 0.5) is 24.8 Å². The molecule has 1 aromatic carbocycles. The molecule has 3 N–H and O–H groups in total. The van der Waals surface area contributed by atoms with Crippen molar-refractivity contribution >= 4 is 22.5 Å². The molecule has 9 nitrogen and oxygen atoms in total. The van der Waals surface area contributed by atoms with Gasteiger partial charge in [-0.05, 0) is 74.5 Å². The molecule has 3 saturated heterocycles. The summed E-state index contributed by atoms with van der Waals surface area (Å²) >= 11 is 0. The number of β-amino-alcohol motifs (C(OH)–C–C–N with tert-alkyl or cyclic N) is 1. The molecule has 0 aliphatic carbocycles. The molecular formula is C29H37F3N6O3. The summed E-state index contributed by atoms with van der Waals surface area (Å²) in [6.45, 7) is 5.83. The summed E-state index contributed by atoms with van der Waals surface area (Å²) in [5.41, 5.74) is 1.40. The Kier molecular flexibility index (Phi) is 7.84. The van der Waals surface area contributed by atoms with Gasteiger partial charge in [0.25, 0.3) is 0 Å². The number of alkyl halides is 3. The molecule has 0 bridgehead atoms. The number of halogens is 3. The van der Waals surface area contributed by atoms with Crippen LogP contribution < -0.4 is 9.80 Å². The van der Waals surface area contributed by atoms with Crippen LogP contribution in [0, 0.1) is 0 Å². The maximum absolute atomic E-state index is 13.1. The van der Waals surface area contributed by atoms with Crippen molar-refractivity contribution in [3.63, 3.8) is 0 Å². The van der Waals surface area contributed by atoms with Crippen molar-refractivity contribution in [2.24, 2.45) is 0 Å². The van der Waals surface area contributed by atoms with Crippen LogP contribution in [-0.2, 0) is 10.9 Å². The van der Waals surface area contributed by atoms with Gasteiger partial charge in [-0.15, -0.1) is 0 Å². The summed E-state index contributed by atoms with van der Waals surface area (Å²) < 4.78 is 44.7. The fourth-order valence-corrected chi connectivity index (χ4v) is 6.41. The van der Waals surface area contributed by atoms with Crippen molar-refractivity contribution in [1.82, 2.24) is 19.9 Å². The lowest BCUT2D eigenvalue weighted by atomic mass is 9.84. The normalized spacial score (nSPS) is 21.9. The average Bonchev–Trinajstić information content (AvgIpc) is 3.41. The predicted molar refractivity (Wildman–Crippen MR) is 149 cm³/mol. The number of hydrogen-bond donors (Lipinski definition) is 3. The smallest absolute Gasteiger partial charge is 0.389 e. The third-order valence-corrected chi connectivity index (χ3v) is 9.00. The van der Waals surface area contributed by atoms with Gasteiger partial charge in [0, 0.05) is 61.7 Å². The molecule has 3 aliphatic rings. The molecule has 0 spiro atoms. The molecule has 12 heteroatoms. The van der Waals surface area contributed by atoms with Gasteiger partial charge in [0.15, 0.2) is 0 Å². The van der Waals surface area contributed by atoms with Crippen LogP contribution in [0.2, 0.25) is 0 Å². The number of anilines is 2. The van der Waals surface area contributed by atoms with E-state index in [9.17, 15) is 23.4 Å². The first-order valence-electron chi connectivity index (χ1n) is 14.4. The topological polar surface area (TPSA) is 101 Å². The summed E-state index contributed by atoms with van der Waals surface area (Å²) in [6.07, 6.45) is 0.111. The number of rotatable bonds is 6. The Bertz CT molecular complexity index is 1330. The highest BCUT2D eigenvalue weighted by atomic mass is 19.4. The third kappa shape index (κ3) is 6.01. The minimum absolute atomic E-state index is 0.00668. The minimum Gasteiger partial charge on any atom is -0.389 e. The number of nitrogens with zero attached hydrogens (tertiary/aromatic N) is 5. The molecule has 0 amide bonds. The van der Waals surface area contributed by atoms with Crippen LogP contribution in [-0.4, -0.2) is 101 Å². The molecule has 1 atom stereocenters. The second-order valence-corrected chi connectivity index (χ2v) is 11.5. The van der Waals surface area contributed by atoms with Crippen LogP contribution >= 0.6 is 0 Å². The lowest BCUT2D eigenvalue weighted by Gasteiger charge is -2.43. The van der Waals surface area contributed by atoms with Crippen LogP contribution in [0.25, 0.3) is 10.9 Å². The van der Waals surface area contributed by atoms with Crippen molar-refractivity contribution in [1.29, 1.82) is 0 Å². The number of hydrogen-bond acceptors (Lipinski definition) is 8. The van der Waals surface area contributed by atoms with E-state index in [0.29, 0.717) is 12.5 Å². The monoisotopic (exact) mass is 574 g/mol. The zero-order valence-corrected chi connectivity index (χ0v) is 23.0. The van der Waals surface area contributed by atoms with E-state index in [-0.39, 0.29) is 31.9 Å². The second kappa shape index (κ2) is 11.4. The van der Waals surface area contributed by atoms with Gasteiger partial charge >= 0.3 is 6.18 Å². The van der Waals surface area contributed by atoms with Crippen molar-refractivity contribution in [3.8, 4) is 0 Å². The van der Waals surface area contributed by atoms with Gasteiger partial charge in [-0.25, -0.2) is 9.97 Å². The van der Waals surface area contributed by atoms with E-state index in [1.165, 1.54) is 16.6 Å². The molecule has 5 heterocycles. The zero-order chi connectivity index (χ0) is 28.6. The molecule has 41 heavy (non-hydrogen) atoms. The maximum atomic E-state index is 13.1. The number of aromatic nitrogens is 3. The number of aliphatic hydroxyl groups excluding tert-OH is 1. The van der Waals surface area contributed by atoms with E-state index in [1.54, 1.807) is 4.90 Å². The van der Waals surface area contributed by atoms with Gasteiger partial charge in [0.05, 0.1) is 24.9 Å². The first-order valence-corrected chi connectivity index (χ1v) is 14.4. The molecule has 0 saturated carbocycles. The molecule has 3 fully saturated rings. The Morgan fingerprint density at radius 1 is 1.02 bits per heavy atom. The molecule has 2 aromatic heterocycles. The van der Waals surface area contributed by atoms with Gasteiger partial charge in [0.2, 0.25) is 5.95 Å². The highest BCUT2D eigenvalue weighted by molar-refractivity contribution is 5.87. The minimum atomic E-state index is -4.54. The van der Waals surface area contributed by atoms with Gasteiger partial charge in [-0.2, -0.15) is 13.2 Å². The van der Waals surface area contributed by atoms with Crippen LogP contribution in [0.1, 0.15) is 42.9 Å². The van der Waals surface area contributed by atoms with E-state index in [0.717, 1.165) is 70.0 Å². The number of benzene rings is 1. The fraction of sp³-hybridized carbons (Fsp3) is 0.586. The zero-order valence-electron chi connectivity index (χ0n) is 23.0. The van der Waals surface area contributed by atoms with Crippen LogP contribution in [0.15, 0.2) is 36.7 Å². The highest BCUT2D eigenvalue weighted by Gasteiger charge is 2.41. The van der Waals surface area contributed by atoms with E-state index in [1.807, 2.05) is 0 Å². The summed E-state index contributed by atoms with van der Waals surface area (Å²) in [5, 5.41) is 23.5. The molecule has 222 valence electrons. The summed E-state index contributed by atoms with van der Waals surface area (Å²) in [5.74, 6) is 0.406. The molecule has 1 unspecified atom stereocenters. The lowest BCUT2D eigenvalue weighted by molar-refractivity contribution is -0.141.